The number of esters is 1. The van der Waals surface area contributed by atoms with Crippen molar-refractivity contribution in [2.45, 2.75) is 6.42 Å². The molecule has 1 aromatic carbocycles. The van der Waals surface area contributed by atoms with E-state index in [0.29, 0.717) is 6.07 Å². The van der Waals surface area contributed by atoms with Crippen LogP contribution in [0.1, 0.15) is 16.8 Å². The number of hydrogen-bond acceptors (Lipinski definition) is 4. The zero-order valence-corrected chi connectivity index (χ0v) is 11.2. The topological polar surface area (TPSA) is 84.5 Å². The van der Waals surface area contributed by atoms with Crippen molar-refractivity contribution >= 4 is 17.8 Å². The van der Waals surface area contributed by atoms with Gasteiger partial charge in [0.2, 0.25) is 5.91 Å². The summed E-state index contributed by atoms with van der Waals surface area (Å²) >= 11 is 0. The number of amides is 2. The lowest BCUT2D eigenvalue weighted by molar-refractivity contribution is -0.141. The monoisotopic (exact) mass is 300 g/mol. The lowest BCUT2D eigenvalue weighted by Gasteiger charge is -2.07. The van der Waals surface area contributed by atoms with E-state index in [4.69, 9.17) is 0 Å². The summed E-state index contributed by atoms with van der Waals surface area (Å²) in [6.07, 6.45) is -0.0917. The minimum absolute atomic E-state index is 0.0529. The van der Waals surface area contributed by atoms with Gasteiger partial charge in [-0.3, -0.25) is 14.4 Å². The van der Waals surface area contributed by atoms with Gasteiger partial charge < -0.3 is 15.4 Å². The second-order valence-corrected chi connectivity index (χ2v) is 3.98. The summed E-state index contributed by atoms with van der Waals surface area (Å²) in [5.41, 5.74) is -0.314. The van der Waals surface area contributed by atoms with Gasteiger partial charge in [-0.25, -0.2) is 8.78 Å². The number of rotatable bonds is 6. The molecule has 1 aromatic rings. The Balaban J connectivity index is 2.36. The SMILES string of the molecule is COC(=O)CNC(=O)CCNC(=O)c1ccc(F)cc1F. The van der Waals surface area contributed by atoms with E-state index in [1.165, 1.54) is 7.11 Å². The molecule has 0 aliphatic heterocycles. The molecule has 0 atom stereocenters. The van der Waals surface area contributed by atoms with E-state index in [9.17, 15) is 23.2 Å². The van der Waals surface area contributed by atoms with E-state index in [1.807, 2.05) is 0 Å². The van der Waals surface area contributed by atoms with Gasteiger partial charge in [0, 0.05) is 19.0 Å². The normalized spacial score (nSPS) is 9.86. The van der Waals surface area contributed by atoms with Gasteiger partial charge in [0.05, 0.1) is 12.7 Å². The Morgan fingerprint density at radius 2 is 1.90 bits per heavy atom. The van der Waals surface area contributed by atoms with Crippen molar-refractivity contribution in [2.75, 3.05) is 20.2 Å². The van der Waals surface area contributed by atoms with Crippen molar-refractivity contribution in [1.29, 1.82) is 0 Å². The van der Waals surface area contributed by atoms with Crippen LogP contribution in [-0.2, 0) is 14.3 Å². The largest absolute Gasteiger partial charge is 0.468 e. The molecule has 0 aliphatic rings. The van der Waals surface area contributed by atoms with Crippen molar-refractivity contribution in [3.8, 4) is 0 Å². The molecule has 8 heteroatoms. The molecule has 0 unspecified atom stereocenters. The zero-order valence-electron chi connectivity index (χ0n) is 11.2. The number of nitrogens with one attached hydrogen (secondary N) is 2. The third-order valence-electron chi connectivity index (χ3n) is 2.47. The number of benzene rings is 1. The molecule has 0 radical (unpaired) electrons. The molecule has 0 aromatic heterocycles. The molecule has 0 saturated heterocycles. The first-order valence-corrected chi connectivity index (χ1v) is 6.00. The number of methoxy groups -OCH3 is 1. The summed E-state index contributed by atoms with van der Waals surface area (Å²) in [4.78, 5) is 33.7. The van der Waals surface area contributed by atoms with Crippen LogP contribution >= 0.6 is 0 Å². The third-order valence-corrected chi connectivity index (χ3v) is 2.47. The predicted molar refractivity (Wildman–Crippen MR) is 68.3 cm³/mol. The van der Waals surface area contributed by atoms with Crippen LogP contribution in [0.5, 0.6) is 0 Å². The minimum Gasteiger partial charge on any atom is -0.468 e. The van der Waals surface area contributed by atoms with Crippen LogP contribution < -0.4 is 10.6 Å². The predicted octanol–water partition coefficient (Wildman–Crippen LogP) is 0.374. The number of carbonyl (C=O) groups is 3. The van der Waals surface area contributed by atoms with E-state index >= 15 is 0 Å². The maximum Gasteiger partial charge on any atom is 0.325 e. The van der Waals surface area contributed by atoms with Gasteiger partial charge in [-0.15, -0.1) is 0 Å². The smallest absolute Gasteiger partial charge is 0.325 e. The molecule has 0 heterocycles. The molecule has 0 saturated carbocycles. The molecule has 0 spiro atoms. The molecular weight excluding hydrogens is 286 g/mol. The maximum atomic E-state index is 13.3. The average molecular weight is 300 g/mol. The summed E-state index contributed by atoms with van der Waals surface area (Å²) in [5, 5.41) is 4.59. The molecule has 0 aliphatic carbocycles. The van der Waals surface area contributed by atoms with Gasteiger partial charge in [-0.1, -0.05) is 0 Å². The third kappa shape index (κ3) is 5.55. The molecule has 6 nitrogen and oxygen atoms in total. The molecular formula is C13H14F2N2O4. The van der Waals surface area contributed by atoms with Gasteiger partial charge in [0.15, 0.2) is 0 Å². The fourth-order valence-electron chi connectivity index (χ4n) is 1.39. The molecule has 114 valence electrons. The fraction of sp³-hybridized carbons (Fsp3) is 0.308. The second-order valence-electron chi connectivity index (χ2n) is 3.98. The van der Waals surface area contributed by atoms with E-state index in [1.54, 1.807) is 0 Å². The minimum atomic E-state index is -0.984. The van der Waals surface area contributed by atoms with Crippen molar-refractivity contribution < 1.29 is 27.9 Å². The summed E-state index contributed by atoms with van der Waals surface area (Å²) in [6.45, 7) is -0.321. The highest BCUT2D eigenvalue weighted by Gasteiger charge is 2.12. The van der Waals surface area contributed by atoms with Crippen LogP contribution in [0.2, 0.25) is 0 Å². The molecule has 0 bridgehead atoms. The maximum absolute atomic E-state index is 13.3. The highest BCUT2D eigenvalue weighted by Crippen LogP contribution is 2.09. The first kappa shape index (κ1) is 16.5. The standard InChI is InChI=1S/C13H14F2N2O4/c1-21-12(19)7-17-11(18)4-5-16-13(20)9-3-2-8(14)6-10(9)15/h2-3,6H,4-5,7H2,1H3,(H,16,20)(H,17,18). The summed E-state index contributed by atoms with van der Waals surface area (Å²) < 4.78 is 30.3. The van der Waals surface area contributed by atoms with Crippen molar-refractivity contribution in [1.82, 2.24) is 10.6 Å². The quantitative estimate of drug-likeness (QED) is 0.744. The van der Waals surface area contributed by atoms with Gasteiger partial charge in [-0.05, 0) is 12.1 Å². The van der Waals surface area contributed by atoms with Gasteiger partial charge in [-0.2, -0.15) is 0 Å². The summed E-state index contributed by atoms with van der Waals surface area (Å²) in [5.74, 6) is -3.59. The number of halogens is 2. The second kappa shape index (κ2) is 7.93. The Morgan fingerprint density at radius 1 is 1.19 bits per heavy atom. The van der Waals surface area contributed by atoms with Crippen LogP contribution in [0.15, 0.2) is 18.2 Å². The van der Waals surface area contributed by atoms with Crippen LogP contribution in [0.3, 0.4) is 0 Å². The molecule has 1 rings (SSSR count). The van der Waals surface area contributed by atoms with E-state index in [2.05, 4.69) is 15.4 Å². The van der Waals surface area contributed by atoms with Crippen LogP contribution in [0.4, 0.5) is 8.78 Å². The number of hydrogen-bond donors (Lipinski definition) is 2. The lowest BCUT2D eigenvalue weighted by atomic mass is 10.2. The van der Waals surface area contributed by atoms with Crippen molar-refractivity contribution in [2.24, 2.45) is 0 Å². The Kier molecular flexibility index (Phi) is 6.25. The average Bonchev–Trinajstić information content (AvgIpc) is 2.44. The van der Waals surface area contributed by atoms with E-state index in [0.717, 1.165) is 12.1 Å². The Bertz CT molecular complexity index is 549. The highest BCUT2D eigenvalue weighted by atomic mass is 19.1. The van der Waals surface area contributed by atoms with Gasteiger partial charge in [0.1, 0.15) is 18.2 Å². The van der Waals surface area contributed by atoms with Crippen LogP contribution in [0.25, 0.3) is 0 Å². The molecule has 2 amide bonds. The van der Waals surface area contributed by atoms with E-state index in [-0.39, 0.29) is 25.1 Å². The Morgan fingerprint density at radius 3 is 2.52 bits per heavy atom. The molecule has 0 fully saturated rings. The first-order chi connectivity index (χ1) is 9.93. The number of ether oxygens (including phenoxy) is 1. The lowest BCUT2D eigenvalue weighted by Crippen LogP contribution is -2.34. The first-order valence-electron chi connectivity index (χ1n) is 6.00. The van der Waals surface area contributed by atoms with Crippen molar-refractivity contribution in [3.05, 3.63) is 35.4 Å². The van der Waals surface area contributed by atoms with Crippen LogP contribution in [-0.4, -0.2) is 38.0 Å². The van der Waals surface area contributed by atoms with Gasteiger partial charge in [0.25, 0.3) is 5.91 Å². The molecule has 2 N–H and O–H groups in total. The summed E-state index contributed by atoms with van der Waals surface area (Å²) in [7, 11) is 1.19. The Labute approximate surface area is 119 Å². The Hall–Kier alpha value is -2.51. The van der Waals surface area contributed by atoms with E-state index < -0.39 is 29.4 Å². The fourth-order valence-corrected chi connectivity index (χ4v) is 1.39. The van der Waals surface area contributed by atoms with Crippen molar-refractivity contribution in [3.63, 3.8) is 0 Å². The molecule has 21 heavy (non-hydrogen) atoms. The highest BCUT2D eigenvalue weighted by molar-refractivity contribution is 5.94. The van der Waals surface area contributed by atoms with Gasteiger partial charge >= 0.3 is 5.97 Å². The zero-order chi connectivity index (χ0) is 15.8. The van der Waals surface area contributed by atoms with Crippen LogP contribution in [0, 0.1) is 11.6 Å². The number of carbonyl (C=O) groups excluding carboxylic acids is 3. The summed E-state index contributed by atoms with van der Waals surface area (Å²) in [6, 6.07) is 2.57.